The third kappa shape index (κ3) is 3.46. The van der Waals surface area contributed by atoms with Crippen LogP contribution in [-0.4, -0.2) is 14.1 Å². The molecule has 5 heteroatoms. The van der Waals surface area contributed by atoms with Crippen molar-refractivity contribution in [2.24, 2.45) is 4.40 Å². The minimum Gasteiger partial charge on any atom is -0.199 e. The van der Waals surface area contributed by atoms with Gasteiger partial charge in [0, 0.05) is 5.02 Å². The summed E-state index contributed by atoms with van der Waals surface area (Å²) in [4.78, 5) is 0.185. The Hall–Kier alpha value is -1.65. The Kier molecular flexibility index (Phi) is 4.26. The topological polar surface area (TPSA) is 46.5 Å². The average molecular weight is 308 g/mol. The highest BCUT2D eigenvalue weighted by molar-refractivity contribution is 7.90. The number of hydrogen-bond acceptors (Lipinski definition) is 2. The van der Waals surface area contributed by atoms with Gasteiger partial charge in [0.1, 0.15) is 0 Å². The van der Waals surface area contributed by atoms with Crippen LogP contribution >= 0.6 is 11.6 Å². The molecule has 2 rings (SSSR count). The van der Waals surface area contributed by atoms with Crippen molar-refractivity contribution >= 4 is 27.3 Å². The van der Waals surface area contributed by atoms with Crippen molar-refractivity contribution in [3.63, 3.8) is 0 Å². The molecule has 0 fully saturated rings. The summed E-state index contributed by atoms with van der Waals surface area (Å²) in [6.07, 6.45) is 0. The molecule has 0 aromatic heterocycles. The zero-order valence-electron chi connectivity index (χ0n) is 11.2. The molecule has 0 saturated heterocycles. The maximum atomic E-state index is 12.2. The summed E-state index contributed by atoms with van der Waals surface area (Å²) in [6.45, 7) is 3.55. The van der Waals surface area contributed by atoms with Gasteiger partial charge >= 0.3 is 0 Å². The van der Waals surface area contributed by atoms with E-state index in [1.54, 1.807) is 55.5 Å². The largest absolute Gasteiger partial charge is 0.282 e. The molecule has 0 aliphatic carbocycles. The molecule has 0 unspecified atom stereocenters. The Morgan fingerprint density at radius 1 is 1.10 bits per heavy atom. The van der Waals surface area contributed by atoms with Crippen LogP contribution in [0.2, 0.25) is 5.02 Å². The molecule has 2 aromatic rings. The molecule has 0 aliphatic heterocycles. The van der Waals surface area contributed by atoms with Gasteiger partial charge in [0.2, 0.25) is 0 Å². The fourth-order valence-corrected chi connectivity index (χ4v) is 2.95. The van der Waals surface area contributed by atoms with Gasteiger partial charge in [0.05, 0.1) is 10.6 Å². The van der Waals surface area contributed by atoms with Crippen LogP contribution in [0.1, 0.15) is 18.1 Å². The van der Waals surface area contributed by atoms with Crippen LogP contribution in [0.4, 0.5) is 0 Å². The van der Waals surface area contributed by atoms with Crippen LogP contribution in [-0.2, 0) is 10.0 Å². The van der Waals surface area contributed by atoms with E-state index < -0.39 is 10.0 Å². The van der Waals surface area contributed by atoms with E-state index in [4.69, 9.17) is 11.6 Å². The van der Waals surface area contributed by atoms with E-state index in [0.717, 1.165) is 5.56 Å². The first-order valence-corrected chi connectivity index (χ1v) is 7.84. The van der Waals surface area contributed by atoms with Crippen LogP contribution in [0.25, 0.3) is 0 Å². The Morgan fingerprint density at radius 2 is 1.75 bits per heavy atom. The first-order chi connectivity index (χ1) is 9.38. The van der Waals surface area contributed by atoms with E-state index in [1.165, 1.54) is 0 Å². The molecule has 2 aromatic carbocycles. The summed E-state index contributed by atoms with van der Waals surface area (Å²) in [5.74, 6) is 0. The number of nitrogens with zero attached hydrogens (tertiary/aromatic N) is 1. The van der Waals surface area contributed by atoms with E-state index in [0.29, 0.717) is 16.3 Å². The van der Waals surface area contributed by atoms with E-state index in [2.05, 4.69) is 4.40 Å². The van der Waals surface area contributed by atoms with Gasteiger partial charge in [-0.3, -0.25) is 0 Å². The first-order valence-electron chi connectivity index (χ1n) is 6.03. The van der Waals surface area contributed by atoms with Gasteiger partial charge < -0.3 is 0 Å². The van der Waals surface area contributed by atoms with Crippen LogP contribution in [0.3, 0.4) is 0 Å². The van der Waals surface area contributed by atoms with Gasteiger partial charge in [0.25, 0.3) is 10.0 Å². The zero-order valence-corrected chi connectivity index (χ0v) is 12.7. The summed E-state index contributed by atoms with van der Waals surface area (Å²) >= 11 is 5.89. The second-order valence-electron chi connectivity index (χ2n) is 4.48. The molecule has 104 valence electrons. The van der Waals surface area contributed by atoms with Crippen LogP contribution in [0.5, 0.6) is 0 Å². The highest BCUT2D eigenvalue weighted by Crippen LogP contribution is 2.16. The molecular weight excluding hydrogens is 294 g/mol. The summed E-state index contributed by atoms with van der Waals surface area (Å²) in [7, 11) is -3.69. The SMILES string of the molecule is CC(=NS(=O)(=O)c1ccc(C)cc1)c1cccc(Cl)c1. The Bertz CT molecular complexity index is 750. The van der Waals surface area contributed by atoms with Gasteiger partial charge in [-0.15, -0.1) is 0 Å². The maximum absolute atomic E-state index is 12.2. The van der Waals surface area contributed by atoms with E-state index in [1.807, 2.05) is 6.92 Å². The molecule has 0 atom stereocenters. The number of benzene rings is 2. The Labute approximate surface area is 124 Å². The highest BCUT2D eigenvalue weighted by Gasteiger charge is 2.13. The van der Waals surface area contributed by atoms with Crippen molar-refractivity contribution in [2.45, 2.75) is 18.7 Å². The van der Waals surface area contributed by atoms with Crippen LogP contribution in [0, 0.1) is 6.92 Å². The smallest absolute Gasteiger partial charge is 0.199 e. The number of aryl methyl sites for hydroxylation is 1. The molecule has 0 saturated carbocycles. The Balaban J connectivity index is 2.40. The summed E-state index contributed by atoms with van der Waals surface area (Å²) in [5, 5.41) is 0.546. The lowest BCUT2D eigenvalue weighted by Crippen LogP contribution is -2.03. The summed E-state index contributed by atoms with van der Waals surface area (Å²) < 4.78 is 28.2. The quantitative estimate of drug-likeness (QED) is 0.809. The second kappa shape index (κ2) is 5.77. The predicted octanol–water partition coefficient (Wildman–Crippen LogP) is 3.85. The van der Waals surface area contributed by atoms with Crippen LogP contribution in [0.15, 0.2) is 57.8 Å². The molecule has 0 N–H and O–H groups in total. The summed E-state index contributed by atoms with van der Waals surface area (Å²) in [6, 6.07) is 13.6. The molecule has 0 radical (unpaired) electrons. The van der Waals surface area contributed by atoms with Crippen molar-refractivity contribution in [1.29, 1.82) is 0 Å². The molecule has 0 spiro atoms. The number of sulfonamides is 1. The summed E-state index contributed by atoms with van der Waals surface area (Å²) in [5.41, 5.74) is 2.10. The van der Waals surface area contributed by atoms with Crippen molar-refractivity contribution in [3.05, 3.63) is 64.7 Å². The maximum Gasteiger partial charge on any atom is 0.282 e. The van der Waals surface area contributed by atoms with E-state index >= 15 is 0 Å². The van der Waals surface area contributed by atoms with Gasteiger partial charge in [-0.25, -0.2) is 0 Å². The zero-order chi connectivity index (χ0) is 14.8. The third-order valence-electron chi connectivity index (χ3n) is 2.82. The monoisotopic (exact) mass is 307 g/mol. The van der Waals surface area contributed by atoms with Crippen molar-refractivity contribution in [1.82, 2.24) is 0 Å². The highest BCUT2D eigenvalue weighted by atomic mass is 35.5. The Morgan fingerprint density at radius 3 is 2.35 bits per heavy atom. The molecule has 3 nitrogen and oxygen atoms in total. The van der Waals surface area contributed by atoms with Crippen molar-refractivity contribution in [3.8, 4) is 0 Å². The number of rotatable bonds is 3. The number of halogens is 1. The second-order valence-corrected chi connectivity index (χ2v) is 6.52. The fourth-order valence-electron chi connectivity index (χ4n) is 1.71. The lowest BCUT2D eigenvalue weighted by molar-refractivity contribution is 0.598. The van der Waals surface area contributed by atoms with Crippen LogP contribution < -0.4 is 0 Å². The van der Waals surface area contributed by atoms with E-state index in [-0.39, 0.29) is 4.90 Å². The molecule has 0 heterocycles. The normalized spacial score (nSPS) is 12.4. The number of hydrogen-bond donors (Lipinski definition) is 0. The van der Waals surface area contributed by atoms with Gasteiger partial charge in [-0.2, -0.15) is 12.8 Å². The minimum absolute atomic E-state index is 0.185. The standard InChI is InChI=1S/C15H14ClNO2S/c1-11-6-8-15(9-7-11)20(18,19)17-12(2)13-4-3-5-14(16)10-13/h3-10H,1-2H3. The third-order valence-corrected chi connectivity index (χ3v) is 4.44. The lowest BCUT2D eigenvalue weighted by atomic mass is 10.1. The molecule has 0 aliphatic rings. The average Bonchev–Trinajstić information content (AvgIpc) is 2.38. The van der Waals surface area contributed by atoms with Crippen molar-refractivity contribution < 1.29 is 8.42 Å². The molecule has 0 amide bonds. The van der Waals surface area contributed by atoms with E-state index in [9.17, 15) is 8.42 Å². The van der Waals surface area contributed by atoms with Crippen molar-refractivity contribution in [2.75, 3.05) is 0 Å². The molecule has 20 heavy (non-hydrogen) atoms. The fraction of sp³-hybridized carbons (Fsp3) is 0.133. The van der Waals surface area contributed by atoms with Gasteiger partial charge in [0.15, 0.2) is 0 Å². The molecular formula is C15H14ClNO2S. The lowest BCUT2D eigenvalue weighted by Gasteiger charge is -2.03. The minimum atomic E-state index is -3.69. The van der Waals surface area contributed by atoms with Gasteiger partial charge in [-0.05, 0) is 43.7 Å². The predicted molar refractivity (Wildman–Crippen MR) is 82.0 cm³/mol. The first kappa shape index (κ1) is 14.8. The molecule has 0 bridgehead atoms. The van der Waals surface area contributed by atoms with Gasteiger partial charge in [-0.1, -0.05) is 41.4 Å².